The van der Waals surface area contributed by atoms with Crippen LogP contribution in [0.25, 0.3) is 0 Å². The highest BCUT2D eigenvalue weighted by Crippen LogP contribution is 2.09. The van der Waals surface area contributed by atoms with E-state index in [4.69, 9.17) is 15.3 Å². The fourth-order valence-electron chi connectivity index (χ4n) is 1.58. The predicted octanol–water partition coefficient (Wildman–Crippen LogP) is -3.55. The van der Waals surface area contributed by atoms with Crippen LogP contribution in [0.3, 0.4) is 0 Å². The van der Waals surface area contributed by atoms with Crippen LogP contribution < -0.4 is 0 Å². The van der Waals surface area contributed by atoms with Crippen LogP contribution in [-0.2, 0) is 0 Å². The zero-order valence-corrected chi connectivity index (χ0v) is 11.0. The number of aliphatic hydroxyl groups is 7. The third kappa shape index (κ3) is 6.59. The van der Waals surface area contributed by atoms with Crippen LogP contribution in [0.1, 0.15) is 12.8 Å². The SMILES string of the molecule is CN(C[C@H](O)[C@@H](O)[C@H](O)[C@H](O)CO)C(O)CCCO. The van der Waals surface area contributed by atoms with Gasteiger partial charge in [0.2, 0.25) is 0 Å². The summed E-state index contributed by atoms with van der Waals surface area (Å²) < 4.78 is 0. The molecule has 0 saturated heterocycles. The second-order valence-corrected chi connectivity index (χ2v) is 4.58. The normalized spacial score (nSPS) is 20.1. The molecule has 19 heavy (non-hydrogen) atoms. The molecule has 0 aliphatic rings. The topological polar surface area (TPSA) is 145 Å². The molecule has 0 radical (unpaired) electrons. The molecular weight excluding hydrogens is 258 g/mol. The maximum Gasteiger partial charge on any atom is 0.111 e. The molecule has 0 aromatic carbocycles. The Balaban J connectivity index is 4.23. The number of hydrogen-bond acceptors (Lipinski definition) is 8. The molecule has 0 aliphatic heterocycles. The smallest absolute Gasteiger partial charge is 0.111 e. The lowest BCUT2D eigenvalue weighted by Gasteiger charge is -2.30. The maximum atomic E-state index is 9.67. The Labute approximate surface area is 112 Å². The predicted molar refractivity (Wildman–Crippen MR) is 66.1 cm³/mol. The largest absolute Gasteiger partial charge is 0.396 e. The average molecular weight is 283 g/mol. The fourth-order valence-corrected chi connectivity index (χ4v) is 1.58. The molecule has 0 heterocycles. The molecule has 0 saturated carbocycles. The maximum absolute atomic E-state index is 9.67. The summed E-state index contributed by atoms with van der Waals surface area (Å²) in [6.07, 6.45) is -6.46. The van der Waals surface area contributed by atoms with Crippen molar-refractivity contribution in [3.05, 3.63) is 0 Å². The molecule has 0 rings (SSSR count). The first kappa shape index (κ1) is 18.7. The zero-order chi connectivity index (χ0) is 15.0. The van der Waals surface area contributed by atoms with E-state index < -0.39 is 37.3 Å². The Morgan fingerprint density at radius 1 is 0.895 bits per heavy atom. The monoisotopic (exact) mass is 283 g/mol. The van der Waals surface area contributed by atoms with Gasteiger partial charge >= 0.3 is 0 Å². The third-order valence-electron chi connectivity index (χ3n) is 2.93. The molecule has 0 fully saturated rings. The first-order valence-corrected chi connectivity index (χ1v) is 6.17. The quantitative estimate of drug-likeness (QED) is 0.204. The summed E-state index contributed by atoms with van der Waals surface area (Å²) in [6.45, 7) is -0.930. The summed E-state index contributed by atoms with van der Waals surface area (Å²) in [4.78, 5) is 1.35. The minimum atomic E-state index is -1.68. The van der Waals surface area contributed by atoms with Crippen molar-refractivity contribution in [2.75, 3.05) is 26.8 Å². The summed E-state index contributed by atoms with van der Waals surface area (Å²) in [5, 5.41) is 64.7. The zero-order valence-electron chi connectivity index (χ0n) is 11.0. The third-order valence-corrected chi connectivity index (χ3v) is 2.93. The van der Waals surface area contributed by atoms with E-state index >= 15 is 0 Å². The van der Waals surface area contributed by atoms with Gasteiger partial charge in [-0.05, 0) is 19.9 Å². The highest BCUT2D eigenvalue weighted by Gasteiger charge is 2.31. The summed E-state index contributed by atoms with van der Waals surface area (Å²) in [5.74, 6) is 0. The summed E-state index contributed by atoms with van der Waals surface area (Å²) in [5.41, 5.74) is 0. The van der Waals surface area contributed by atoms with Gasteiger partial charge < -0.3 is 35.7 Å². The molecule has 0 spiro atoms. The van der Waals surface area contributed by atoms with Gasteiger partial charge in [-0.25, -0.2) is 0 Å². The Hall–Kier alpha value is -0.320. The highest BCUT2D eigenvalue weighted by molar-refractivity contribution is 4.82. The molecule has 5 atom stereocenters. The van der Waals surface area contributed by atoms with Crippen molar-refractivity contribution in [3.63, 3.8) is 0 Å². The molecule has 0 amide bonds. The van der Waals surface area contributed by atoms with Crippen LogP contribution in [-0.4, -0.2) is 98.1 Å². The van der Waals surface area contributed by atoms with Crippen molar-refractivity contribution in [1.29, 1.82) is 0 Å². The Kier molecular flexibility index (Phi) is 9.40. The number of likely N-dealkylation sites (N-methyl/N-ethyl adjacent to an activating group) is 1. The molecule has 8 nitrogen and oxygen atoms in total. The van der Waals surface area contributed by atoms with Gasteiger partial charge in [0.05, 0.1) is 12.7 Å². The van der Waals surface area contributed by atoms with E-state index in [0.717, 1.165) is 0 Å². The van der Waals surface area contributed by atoms with Crippen molar-refractivity contribution in [2.45, 2.75) is 43.5 Å². The van der Waals surface area contributed by atoms with Gasteiger partial charge in [-0.3, -0.25) is 4.90 Å². The van der Waals surface area contributed by atoms with Crippen molar-refractivity contribution < 1.29 is 35.7 Å². The lowest BCUT2D eigenvalue weighted by Crippen LogP contribution is -2.50. The Bertz CT molecular complexity index is 231. The standard InChI is InChI=1S/C11H25NO7/c1-12(9(17)3-2-4-13)5-7(15)10(18)11(19)8(16)6-14/h7-11,13-19H,2-6H2,1H3/t7-,8+,9?,10+,11+/m0/s1. The van der Waals surface area contributed by atoms with E-state index in [9.17, 15) is 20.4 Å². The molecule has 0 aromatic heterocycles. The van der Waals surface area contributed by atoms with E-state index in [2.05, 4.69) is 0 Å². The summed E-state index contributed by atoms with van der Waals surface area (Å²) in [6, 6.07) is 0. The second-order valence-electron chi connectivity index (χ2n) is 4.58. The lowest BCUT2D eigenvalue weighted by molar-refractivity contribution is -0.125. The van der Waals surface area contributed by atoms with Crippen LogP contribution in [0, 0.1) is 0 Å². The van der Waals surface area contributed by atoms with Crippen molar-refractivity contribution in [1.82, 2.24) is 4.90 Å². The summed E-state index contributed by atoms with van der Waals surface area (Å²) in [7, 11) is 1.51. The molecular formula is C11H25NO7. The van der Waals surface area contributed by atoms with Crippen molar-refractivity contribution in [2.24, 2.45) is 0 Å². The first-order chi connectivity index (χ1) is 8.84. The van der Waals surface area contributed by atoms with Gasteiger partial charge in [0.25, 0.3) is 0 Å². The minimum Gasteiger partial charge on any atom is -0.396 e. The van der Waals surface area contributed by atoms with E-state index in [1.807, 2.05) is 0 Å². The van der Waals surface area contributed by atoms with E-state index in [0.29, 0.717) is 12.8 Å². The molecule has 1 unspecified atom stereocenters. The Morgan fingerprint density at radius 2 is 1.42 bits per heavy atom. The molecule has 116 valence electrons. The van der Waals surface area contributed by atoms with Crippen LogP contribution >= 0.6 is 0 Å². The van der Waals surface area contributed by atoms with E-state index in [-0.39, 0.29) is 13.2 Å². The minimum absolute atomic E-state index is 0.0581. The number of nitrogens with zero attached hydrogens (tertiary/aromatic N) is 1. The van der Waals surface area contributed by atoms with Gasteiger partial charge in [0, 0.05) is 13.2 Å². The molecule has 8 heteroatoms. The number of hydrogen-bond donors (Lipinski definition) is 7. The van der Waals surface area contributed by atoms with E-state index in [1.165, 1.54) is 11.9 Å². The second kappa shape index (κ2) is 9.56. The fraction of sp³-hybridized carbons (Fsp3) is 1.00. The van der Waals surface area contributed by atoms with Crippen LogP contribution in [0.15, 0.2) is 0 Å². The van der Waals surface area contributed by atoms with Gasteiger partial charge in [-0.15, -0.1) is 0 Å². The van der Waals surface area contributed by atoms with Crippen LogP contribution in [0.4, 0.5) is 0 Å². The van der Waals surface area contributed by atoms with Crippen molar-refractivity contribution >= 4 is 0 Å². The van der Waals surface area contributed by atoms with Gasteiger partial charge in [0.15, 0.2) is 0 Å². The lowest BCUT2D eigenvalue weighted by atomic mass is 10.0. The molecule has 0 aromatic rings. The molecule has 0 bridgehead atoms. The van der Waals surface area contributed by atoms with Gasteiger partial charge in [-0.1, -0.05) is 0 Å². The number of aliphatic hydroxyl groups excluding tert-OH is 7. The number of rotatable bonds is 10. The Morgan fingerprint density at radius 3 is 1.89 bits per heavy atom. The van der Waals surface area contributed by atoms with Crippen molar-refractivity contribution in [3.8, 4) is 0 Å². The van der Waals surface area contributed by atoms with Crippen LogP contribution in [0.5, 0.6) is 0 Å². The first-order valence-electron chi connectivity index (χ1n) is 6.17. The average Bonchev–Trinajstić information content (AvgIpc) is 2.41. The highest BCUT2D eigenvalue weighted by atomic mass is 16.4. The van der Waals surface area contributed by atoms with Crippen LogP contribution in [0.2, 0.25) is 0 Å². The molecule has 0 aliphatic carbocycles. The molecule has 7 N–H and O–H groups in total. The van der Waals surface area contributed by atoms with E-state index in [1.54, 1.807) is 0 Å². The van der Waals surface area contributed by atoms with Gasteiger partial charge in [0.1, 0.15) is 24.5 Å². The van der Waals surface area contributed by atoms with Gasteiger partial charge in [-0.2, -0.15) is 0 Å². The summed E-state index contributed by atoms with van der Waals surface area (Å²) >= 11 is 0.